The molecule has 1 aromatic rings. The predicted molar refractivity (Wildman–Crippen MR) is 107 cm³/mol. The summed E-state index contributed by atoms with van der Waals surface area (Å²) < 4.78 is 16.3. The van der Waals surface area contributed by atoms with Crippen molar-refractivity contribution in [1.82, 2.24) is 4.90 Å². The second kappa shape index (κ2) is 8.84. The van der Waals surface area contributed by atoms with E-state index in [1.165, 1.54) is 4.90 Å². The zero-order valence-electron chi connectivity index (χ0n) is 18.1. The first-order chi connectivity index (χ1) is 13.4. The highest BCUT2D eigenvalue weighted by Gasteiger charge is 2.46. The third kappa shape index (κ3) is 7.07. The molecular weight excluding hydrogens is 374 g/mol. The molecule has 1 aromatic carbocycles. The van der Waals surface area contributed by atoms with Crippen LogP contribution in [-0.2, 0) is 30.4 Å². The van der Waals surface area contributed by atoms with Gasteiger partial charge in [-0.3, -0.25) is 9.69 Å². The Hall–Kier alpha value is -2.57. The summed E-state index contributed by atoms with van der Waals surface area (Å²) in [6.45, 7) is 10.7. The topological polar surface area (TPSA) is 82.1 Å². The van der Waals surface area contributed by atoms with Gasteiger partial charge in [-0.05, 0) is 53.5 Å². The predicted octanol–water partition coefficient (Wildman–Crippen LogP) is 3.70. The fraction of sp³-hybridized carbons (Fsp3) is 0.591. The molecule has 1 fully saturated rings. The number of esters is 2. The van der Waals surface area contributed by atoms with Crippen molar-refractivity contribution in [3.8, 4) is 0 Å². The van der Waals surface area contributed by atoms with Gasteiger partial charge in [0, 0.05) is 6.54 Å². The van der Waals surface area contributed by atoms with Crippen LogP contribution in [0.15, 0.2) is 30.3 Å². The minimum Gasteiger partial charge on any atom is -0.460 e. The number of hydrogen-bond acceptors (Lipinski definition) is 6. The number of likely N-dealkylation sites (tertiary alicyclic amines) is 1. The lowest BCUT2D eigenvalue weighted by Gasteiger charge is -2.26. The van der Waals surface area contributed by atoms with Crippen LogP contribution < -0.4 is 0 Å². The molecule has 7 nitrogen and oxygen atoms in total. The second-order valence-corrected chi connectivity index (χ2v) is 9.21. The van der Waals surface area contributed by atoms with Gasteiger partial charge < -0.3 is 14.2 Å². The Morgan fingerprint density at radius 1 is 0.931 bits per heavy atom. The van der Waals surface area contributed by atoms with E-state index in [9.17, 15) is 14.4 Å². The summed E-state index contributed by atoms with van der Waals surface area (Å²) in [4.78, 5) is 39.2. The van der Waals surface area contributed by atoms with Crippen LogP contribution in [0.3, 0.4) is 0 Å². The van der Waals surface area contributed by atoms with Gasteiger partial charge in [-0.25, -0.2) is 9.59 Å². The van der Waals surface area contributed by atoms with E-state index < -0.39 is 41.2 Å². The van der Waals surface area contributed by atoms with Gasteiger partial charge in [-0.2, -0.15) is 0 Å². The number of hydrogen-bond donors (Lipinski definition) is 0. The Bertz CT molecular complexity index is 732. The Morgan fingerprint density at radius 3 is 2.03 bits per heavy atom. The molecule has 1 aliphatic rings. The average molecular weight is 405 g/mol. The van der Waals surface area contributed by atoms with E-state index >= 15 is 0 Å². The Morgan fingerprint density at radius 2 is 1.48 bits per heavy atom. The van der Waals surface area contributed by atoms with Crippen molar-refractivity contribution in [3.05, 3.63) is 35.9 Å². The average Bonchev–Trinajstić information content (AvgIpc) is 3.03. The van der Waals surface area contributed by atoms with Crippen LogP contribution in [-0.4, -0.2) is 46.7 Å². The van der Waals surface area contributed by atoms with Crippen molar-refractivity contribution in [1.29, 1.82) is 0 Å². The summed E-state index contributed by atoms with van der Waals surface area (Å²) in [5.74, 6) is -1.61. The molecule has 2 rings (SSSR count). The number of carbonyl (C=O) groups is 3. The van der Waals surface area contributed by atoms with E-state index in [-0.39, 0.29) is 19.6 Å². The van der Waals surface area contributed by atoms with Gasteiger partial charge >= 0.3 is 18.0 Å². The van der Waals surface area contributed by atoms with E-state index in [0.717, 1.165) is 5.56 Å². The van der Waals surface area contributed by atoms with Crippen molar-refractivity contribution in [2.45, 2.75) is 71.8 Å². The van der Waals surface area contributed by atoms with Gasteiger partial charge in [0.05, 0.1) is 5.92 Å². The summed E-state index contributed by atoms with van der Waals surface area (Å²) in [5, 5.41) is 0. The first-order valence-corrected chi connectivity index (χ1v) is 9.79. The number of amides is 1. The maximum Gasteiger partial charge on any atom is 0.410 e. The highest BCUT2D eigenvalue weighted by molar-refractivity contribution is 5.85. The van der Waals surface area contributed by atoms with E-state index in [2.05, 4.69) is 0 Å². The first-order valence-electron chi connectivity index (χ1n) is 9.79. The van der Waals surface area contributed by atoms with Gasteiger partial charge in [-0.1, -0.05) is 30.3 Å². The molecule has 2 atom stereocenters. The SMILES string of the molecule is CC(C)(C)OC(=O)[C@H]1C[C@@H](C(=O)OC(C)(C)C)N(C(=O)OCc2ccccc2)C1. The molecule has 0 spiro atoms. The summed E-state index contributed by atoms with van der Waals surface area (Å²) in [7, 11) is 0. The highest BCUT2D eigenvalue weighted by atomic mass is 16.6. The number of nitrogens with zero attached hydrogens (tertiary/aromatic N) is 1. The molecule has 1 saturated heterocycles. The van der Waals surface area contributed by atoms with Crippen LogP contribution in [0.5, 0.6) is 0 Å². The fourth-order valence-corrected chi connectivity index (χ4v) is 2.99. The van der Waals surface area contributed by atoms with Crippen molar-refractivity contribution in [2.24, 2.45) is 5.92 Å². The molecule has 0 N–H and O–H groups in total. The van der Waals surface area contributed by atoms with Crippen molar-refractivity contribution >= 4 is 18.0 Å². The molecule has 160 valence electrons. The zero-order valence-corrected chi connectivity index (χ0v) is 18.1. The minimum absolute atomic E-state index is 0.0481. The maximum atomic E-state index is 12.7. The van der Waals surface area contributed by atoms with Crippen molar-refractivity contribution < 1.29 is 28.6 Å². The Balaban J connectivity index is 2.12. The molecule has 29 heavy (non-hydrogen) atoms. The van der Waals surface area contributed by atoms with Gasteiger partial charge in [-0.15, -0.1) is 0 Å². The standard InChI is InChI=1S/C22H31NO6/c1-21(2,3)28-18(24)16-12-17(19(25)29-22(4,5)6)23(13-16)20(26)27-14-15-10-8-7-9-11-15/h7-11,16-17H,12-14H2,1-6H3/t16-,17-/m0/s1. The van der Waals surface area contributed by atoms with Gasteiger partial charge in [0.2, 0.25) is 0 Å². The van der Waals surface area contributed by atoms with E-state index in [1.54, 1.807) is 41.5 Å². The molecule has 1 heterocycles. The third-order valence-electron chi connectivity index (χ3n) is 4.16. The van der Waals surface area contributed by atoms with Crippen molar-refractivity contribution in [3.63, 3.8) is 0 Å². The van der Waals surface area contributed by atoms with Crippen LogP contribution in [0.2, 0.25) is 0 Å². The molecule has 1 aliphatic heterocycles. The molecule has 0 saturated carbocycles. The first kappa shape index (κ1) is 22.7. The van der Waals surface area contributed by atoms with Gasteiger partial charge in [0.25, 0.3) is 0 Å². The zero-order chi connectivity index (χ0) is 21.8. The summed E-state index contributed by atoms with van der Waals surface area (Å²) in [6.07, 6.45) is -0.514. The number of carbonyl (C=O) groups excluding carboxylic acids is 3. The lowest BCUT2D eigenvalue weighted by molar-refractivity contribution is -0.160. The van der Waals surface area contributed by atoms with E-state index in [0.29, 0.717) is 0 Å². The van der Waals surface area contributed by atoms with Crippen LogP contribution in [0.4, 0.5) is 4.79 Å². The third-order valence-corrected chi connectivity index (χ3v) is 4.16. The van der Waals surface area contributed by atoms with Crippen LogP contribution in [0.25, 0.3) is 0 Å². The summed E-state index contributed by atoms with van der Waals surface area (Å²) in [6, 6.07) is 8.35. The molecule has 0 aromatic heterocycles. The normalized spacial score (nSPS) is 19.6. The van der Waals surface area contributed by atoms with E-state index in [4.69, 9.17) is 14.2 Å². The molecule has 0 radical (unpaired) electrons. The number of benzene rings is 1. The molecule has 0 bridgehead atoms. The monoisotopic (exact) mass is 405 g/mol. The smallest absolute Gasteiger partial charge is 0.410 e. The number of ether oxygens (including phenoxy) is 3. The van der Waals surface area contributed by atoms with Gasteiger partial charge in [0.15, 0.2) is 0 Å². The maximum absolute atomic E-state index is 12.7. The Kier molecular flexibility index (Phi) is 6.93. The quantitative estimate of drug-likeness (QED) is 0.561. The highest BCUT2D eigenvalue weighted by Crippen LogP contribution is 2.29. The Labute approximate surface area is 172 Å². The lowest BCUT2D eigenvalue weighted by Crippen LogP contribution is -2.43. The second-order valence-electron chi connectivity index (χ2n) is 9.21. The summed E-state index contributed by atoms with van der Waals surface area (Å²) in [5.41, 5.74) is -0.530. The number of rotatable bonds is 4. The van der Waals surface area contributed by atoms with E-state index in [1.807, 2.05) is 30.3 Å². The largest absolute Gasteiger partial charge is 0.460 e. The molecule has 0 aliphatic carbocycles. The van der Waals surface area contributed by atoms with Gasteiger partial charge in [0.1, 0.15) is 23.9 Å². The van der Waals surface area contributed by atoms with Crippen LogP contribution in [0, 0.1) is 5.92 Å². The molecule has 1 amide bonds. The summed E-state index contributed by atoms with van der Waals surface area (Å²) >= 11 is 0. The molecule has 0 unspecified atom stereocenters. The molecule has 7 heteroatoms. The van der Waals surface area contributed by atoms with Crippen molar-refractivity contribution in [2.75, 3.05) is 6.54 Å². The molecular formula is C22H31NO6. The van der Waals surface area contributed by atoms with Crippen LogP contribution >= 0.6 is 0 Å². The fourth-order valence-electron chi connectivity index (χ4n) is 2.99. The minimum atomic E-state index is -0.894. The lowest BCUT2D eigenvalue weighted by atomic mass is 10.0. The van der Waals surface area contributed by atoms with Crippen LogP contribution in [0.1, 0.15) is 53.5 Å².